The van der Waals surface area contributed by atoms with Gasteiger partial charge in [-0.3, -0.25) is 0 Å². The normalized spacial score (nSPS) is 11.0. The third kappa shape index (κ3) is 2.90. The average Bonchev–Trinajstić information content (AvgIpc) is 2.93. The van der Waals surface area contributed by atoms with Gasteiger partial charge < -0.3 is 14.5 Å². The van der Waals surface area contributed by atoms with Gasteiger partial charge in [-0.1, -0.05) is 30.3 Å². The van der Waals surface area contributed by atoms with Gasteiger partial charge >= 0.3 is 0 Å². The molecule has 0 aliphatic heterocycles. The maximum Gasteiger partial charge on any atom is 0.208 e. The Kier molecular flexibility index (Phi) is 3.88. The maximum atomic E-state index is 5.48. The zero-order chi connectivity index (χ0) is 14.7. The monoisotopic (exact) mass is 282 g/mol. The second kappa shape index (κ2) is 5.97. The summed E-state index contributed by atoms with van der Waals surface area (Å²) < 4.78 is 10.9. The Morgan fingerprint density at radius 1 is 1.14 bits per heavy atom. The molecule has 0 saturated carbocycles. The molecule has 0 unspecified atom stereocenters. The summed E-state index contributed by atoms with van der Waals surface area (Å²) in [5, 5.41) is 5.77. The minimum Gasteiger partial charge on any atom is -0.496 e. The van der Waals surface area contributed by atoms with E-state index in [2.05, 4.69) is 28.5 Å². The Morgan fingerprint density at radius 2 is 2.00 bits per heavy atom. The van der Waals surface area contributed by atoms with Crippen molar-refractivity contribution in [3.8, 4) is 5.75 Å². The van der Waals surface area contributed by atoms with Crippen LogP contribution in [0.25, 0.3) is 10.8 Å². The summed E-state index contributed by atoms with van der Waals surface area (Å²) in [6, 6.07) is 12.4. The molecule has 0 saturated heterocycles. The first kappa shape index (κ1) is 13.6. The predicted molar refractivity (Wildman–Crippen MR) is 82.3 cm³/mol. The molecule has 0 atom stereocenters. The van der Waals surface area contributed by atoms with E-state index < -0.39 is 0 Å². The SMILES string of the molecule is COc1ccc2ccccc2c1CNCc1ncc(C)o1. The number of hydrogen-bond donors (Lipinski definition) is 1. The minimum atomic E-state index is 0.597. The van der Waals surface area contributed by atoms with Crippen LogP contribution in [0, 0.1) is 6.92 Å². The number of nitrogens with zero attached hydrogens (tertiary/aromatic N) is 1. The molecular weight excluding hydrogens is 264 g/mol. The Bertz CT molecular complexity index is 749. The largest absolute Gasteiger partial charge is 0.496 e. The van der Waals surface area contributed by atoms with E-state index in [9.17, 15) is 0 Å². The van der Waals surface area contributed by atoms with Gasteiger partial charge in [-0.25, -0.2) is 4.98 Å². The Balaban J connectivity index is 1.81. The molecule has 2 aromatic carbocycles. The number of hydrogen-bond acceptors (Lipinski definition) is 4. The summed E-state index contributed by atoms with van der Waals surface area (Å²) in [7, 11) is 1.70. The van der Waals surface area contributed by atoms with E-state index in [1.165, 1.54) is 10.8 Å². The Labute approximate surface area is 123 Å². The first-order chi connectivity index (χ1) is 10.3. The highest BCUT2D eigenvalue weighted by Gasteiger charge is 2.08. The van der Waals surface area contributed by atoms with Gasteiger partial charge in [0.2, 0.25) is 5.89 Å². The van der Waals surface area contributed by atoms with Crippen molar-refractivity contribution in [3.05, 3.63) is 59.8 Å². The fourth-order valence-corrected chi connectivity index (χ4v) is 2.47. The summed E-state index contributed by atoms with van der Waals surface area (Å²) in [6.07, 6.45) is 1.73. The molecule has 0 spiro atoms. The molecule has 4 nitrogen and oxygen atoms in total. The third-order valence-corrected chi connectivity index (χ3v) is 3.46. The molecule has 3 rings (SSSR count). The quantitative estimate of drug-likeness (QED) is 0.778. The molecule has 0 aliphatic rings. The number of aromatic nitrogens is 1. The maximum absolute atomic E-state index is 5.48. The molecule has 3 aromatic rings. The van der Waals surface area contributed by atoms with Crippen LogP contribution in [-0.2, 0) is 13.1 Å². The highest BCUT2D eigenvalue weighted by Crippen LogP contribution is 2.27. The zero-order valence-electron chi connectivity index (χ0n) is 12.2. The van der Waals surface area contributed by atoms with Crippen LogP contribution in [0.2, 0.25) is 0 Å². The predicted octanol–water partition coefficient (Wildman–Crippen LogP) is 3.43. The first-order valence-corrected chi connectivity index (χ1v) is 6.94. The molecule has 21 heavy (non-hydrogen) atoms. The average molecular weight is 282 g/mol. The number of methoxy groups -OCH3 is 1. The molecule has 108 valence electrons. The Morgan fingerprint density at radius 3 is 2.76 bits per heavy atom. The molecule has 0 amide bonds. The molecular formula is C17H18N2O2. The van der Waals surface area contributed by atoms with E-state index in [1.807, 2.05) is 25.1 Å². The number of fused-ring (bicyclic) bond motifs is 1. The van der Waals surface area contributed by atoms with Crippen molar-refractivity contribution in [1.82, 2.24) is 10.3 Å². The third-order valence-electron chi connectivity index (χ3n) is 3.46. The number of rotatable bonds is 5. The van der Waals surface area contributed by atoms with Gasteiger partial charge in [0, 0.05) is 12.1 Å². The van der Waals surface area contributed by atoms with Crippen LogP contribution in [0.15, 0.2) is 47.0 Å². The first-order valence-electron chi connectivity index (χ1n) is 6.94. The topological polar surface area (TPSA) is 47.3 Å². The van der Waals surface area contributed by atoms with Gasteiger partial charge in [-0.05, 0) is 23.8 Å². The van der Waals surface area contributed by atoms with Crippen molar-refractivity contribution >= 4 is 10.8 Å². The summed E-state index contributed by atoms with van der Waals surface area (Å²) in [5.74, 6) is 2.42. The molecule has 0 radical (unpaired) electrons. The van der Waals surface area contributed by atoms with Crippen LogP contribution in [0.5, 0.6) is 5.75 Å². The van der Waals surface area contributed by atoms with Crippen molar-refractivity contribution in [1.29, 1.82) is 0 Å². The smallest absolute Gasteiger partial charge is 0.208 e. The van der Waals surface area contributed by atoms with Crippen LogP contribution in [0.1, 0.15) is 17.2 Å². The van der Waals surface area contributed by atoms with Crippen molar-refractivity contribution in [2.75, 3.05) is 7.11 Å². The second-order valence-corrected chi connectivity index (χ2v) is 4.94. The summed E-state index contributed by atoms with van der Waals surface area (Å²) in [5.41, 5.74) is 1.15. The van der Waals surface area contributed by atoms with Gasteiger partial charge in [0.1, 0.15) is 11.5 Å². The fourth-order valence-electron chi connectivity index (χ4n) is 2.47. The molecule has 1 aromatic heterocycles. The van der Waals surface area contributed by atoms with Gasteiger partial charge in [0.25, 0.3) is 0 Å². The lowest BCUT2D eigenvalue weighted by Crippen LogP contribution is -2.14. The van der Waals surface area contributed by atoms with E-state index >= 15 is 0 Å². The van der Waals surface area contributed by atoms with E-state index in [0.717, 1.165) is 17.1 Å². The van der Waals surface area contributed by atoms with Gasteiger partial charge in [0.05, 0.1) is 19.9 Å². The van der Waals surface area contributed by atoms with E-state index in [-0.39, 0.29) is 0 Å². The highest BCUT2D eigenvalue weighted by molar-refractivity contribution is 5.87. The lowest BCUT2D eigenvalue weighted by Gasteiger charge is -2.12. The standard InChI is InChI=1S/C17H18N2O2/c1-12-9-19-17(21-12)11-18-10-15-14-6-4-3-5-13(14)7-8-16(15)20-2/h3-9,18H,10-11H2,1-2H3. The lowest BCUT2D eigenvalue weighted by atomic mass is 10.0. The van der Waals surface area contributed by atoms with E-state index in [0.29, 0.717) is 19.0 Å². The zero-order valence-corrected chi connectivity index (χ0v) is 12.2. The van der Waals surface area contributed by atoms with Crippen molar-refractivity contribution in [2.24, 2.45) is 0 Å². The molecule has 1 heterocycles. The number of ether oxygens (including phenoxy) is 1. The molecule has 1 N–H and O–H groups in total. The Hall–Kier alpha value is -2.33. The van der Waals surface area contributed by atoms with Gasteiger partial charge in [0.15, 0.2) is 0 Å². The van der Waals surface area contributed by atoms with Crippen LogP contribution in [-0.4, -0.2) is 12.1 Å². The molecule has 0 aliphatic carbocycles. The molecule has 4 heteroatoms. The number of aryl methyl sites for hydroxylation is 1. The van der Waals surface area contributed by atoms with Crippen LogP contribution >= 0.6 is 0 Å². The van der Waals surface area contributed by atoms with Crippen molar-refractivity contribution < 1.29 is 9.15 Å². The van der Waals surface area contributed by atoms with Gasteiger partial charge in [-0.15, -0.1) is 0 Å². The highest BCUT2D eigenvalue weighted by atomic mass is 16.5. The second-order valence-electron chi connectivity index (χ2n) is 4.94. The summed E-state index contributed by atoms with van der Waals surface area (Å²) in [4.78, 5) is 4.19. The van der Waals surface area contributed by atoms with E-state index in [4.69, 9.17) is 9.15 Å². The van der Waals surface area contributed by atoms with E-state index in [1.54, 1.807) is 13.3 Å². The number of benzene rings is 2. The van der Waals surface area contributed by atoms with Crippen LogP contribution < -0.4 is 10.1 Å². The van der Waals surface area contributed by atoms with Crippen molar-refractivity contribution in [3.63, 3.8) is 0 Å². The number of nitrogens with one attached hydrogen (secondary N) is 1. The van der Waals surface area contributed by atoms with Crippen LogP contribution in [0.3, 0.4) is 0 Å². The lowest BCUT2D eigenvalue weighted by molar-refractivity contribution is 0.406. The van der Waals surface area contributed by atoms with Crippen LogP contribution in [0.4, 0.5) is 0 Å². The fraction of sp³-hybridized carbons (Fsp3) is 0.235. The number of oxazole rings is 1. The molecule has 0 bridgehead atoms. The molecule has 0 fully saturated rings. The van der Waals surface area contributed by atoms with Crippen molar-refractivity contribution in [2.45, 2.75) is 20.0 Å². The summed E-state index contributed by atoms with van der Waals surface area (Å²) >= 11 is 0. The summed E-state index contributed by atoms with van der Waals surface area (Å²) in [6.45, 7) is 3.19. The van der Waals surface area contributed by atoms with Gasteiger partial charge in [-0.2, -0.15) is 0 Å². The minimum absolute atomic E-state index is 0.597.